The zero-order chi connectivity index (χ0) is 23.1. The maximum atomic E-state index is 13.9. The van der Waals surface area contributed by atoms with Crippen molar-refractivity contribution in [2.75, 3.05) is 0 Å². The molecule has 0 unspecified atom stereocenters. The van der Waals surface area contributed by atoms with E-state index < -0.39 is 34.8 Å². The summed E-state index contributed by atoms with van der Waals surface area (Å²) in [5.74, 6) is -10.3. The fraction of sp³-hybridized carbons (Fsp3) is 0.480. The smallest absolute Gasteiger partial charge is 0.200 e. The normalized spacial score (nSPS) is 17.3. The van der Waals surface area contributed by atoms with Gasteiger partial charge in [-0.25, -0.2) is 26.9 Å². The number of para-hydroxylation sites is 1. The number of benzene rings is 2. The number of nitrogens with zero attached hydrogens (tertiary/aromatic N) is 1. The van der Waals surface area contributed by atoms with Gasteiger partial charge in [-0.1, -0.05) is 69.9 Å². The Morgan fingerprint density at radius 3 is 1.69 bits per heavy atom. The number of rotatable bonds is 3. The minimum absolute atomic E-state index is 0.0720. The Morgan fingerprint density at radius 2 is 1.16 bits per heavy atom. The second kappa shape index (κ2) is 11.4. The van der Waals surface area contributed by atoms with Gasteiger partial charge in [0.25, 0.3) is 0 Å². The van der Waals surface area contributed by atoms with Gasteiger partial charge < -0.3 is 5.11 Å². The summed E-state index contributed by atoms with van der Waals surface area (Å²) < 4.78 is 67.9. The molecule has 2 aromatic carbocycles. The molecule has 0 bridgehead atoms. The highest BCUT2D eigenvalue weighted by Crippen LogP contribution is 2.36. The number of phenols is 1. The van der Waals surface area contributed by atoms with E-state index >= 15 is 0 Å². The summed E-state index contributed by atoms with van der Waals surface area (Å²) in [5.41, 5.74) is -0.391. The van der Waals surface area contributed by atoms with E-state index in [4.69, 9.17) is 0 Å². The summed E-state index contributed by atoms with van der Waals surface area (Å²) in [4.78, 5) is 3.49. The molecule has 1 aliphatic rings. The van der Waals surface area contributed by atoms with Gasteiger partial charge >= 0.3 is 0 Å². The molecular formula is C25H28F5NO. The molecule has 0 heterocycles. The van der Waals surface area contributed by atoms with Gasteiger partial charge in [0, 0.05) is 11.8 Å². The molecule has 1 N–H and O–H groups in total. The van der Waals surface area contributed by atoms with Crippen molar-refractivity contribution < 1.29 is 27.1 Å². The first-order chi connectivity index (χ1) is 15.4. The van der Waals surface area contributed by atoms with Crippen molar-refractivity contribution in [1.82, 2.24) is 0 Å². The van der Waals surface area contributed by atoms with Crippen molar-refractivity contribution in [2.24, 2.45) is 4.99 Å². The van der Waals surface area contributed by atoms with Gasteiger partial charge in [0.05, 0.1) is 0 Å². The summed E-state index contributed by atoms with van der Waals surface area (Å²) in [7, 11) is 0. The quantitative estimate of drug-likeness (QED) is 0.216. The topological polar surface area (TPSA) is 32.6 Å². The lowest BCUT2D eigenvalue weighted by molar-refractivity contribution is 0.381. The highest BCUT2D eigenvalue weighted by Gasteiger charge is 2.25. The van der Waals surface area contributed by atoms with E-state index in [-0.39, 0.29) is 17.2 Å². The minimum Gasteiger partial charge on any atom is -0.507 e. The van der Waals surface area contributed by atoms with Crippen LogP contribution >= 0.6 is 0 Å². The molecule has 174 valence electrons. The molecule has 0 spiro atoms. The zero-order valence-electron chi connectivity index (χ0n) is 17.9. The highest BCUT2D eigenvalue weighted by atomic mass is 19.2. The second-order valence-electron chi connectivity index (χ2n) is 8.42. The van der Waals surface area contributed by atoms with Crippen LogP contribution in [0.1, 0.15) is 87.7 Å². The van der Waals surface area contributed by atoms with Crippen molar-refractivity contribution in [2.45, 2.75) is 76.5 Å². The van der Waals surface area contributed by atoms with E-state index in [1.54, 1.807) is 6.07 Å². The maximum absolute atomic E-state index is 13.9. The van der Waals surface area contributed by atoms with Crippen LogP contribution in [0.25, 0.3) is 0 Å². The number of phenolic OH excluding ortho intramolecular Hbond substituents is 1. The Balaban J connectivity index is 1.86. The molecule has 0 saturated heterocycles. The van der Waals surface area contributed by atoms with E-state index in [0.29, 0.717) is 0 Å². The van der Waals surface area contributed by atoms with Crippen molar-refractivity contribution in [3.05, 3.63) is 58.4 Å². The molecule has 32 heavy (non-hydrogen) atoms. The monoisotopic (exact) mass is 453 g/mol. The Morgan fingerprint density at radius 1 is 0.688 bits per heavy atom. The van der Waals surface area contributed by atoms with Crippen molar-refractivity contribution in [1.29, 1.82) is 0 Å². The minimum atomic E-state index is -2.23. The fourth-order valence-corrected chi connectivity index (χ4v) is 4.33. The fourth-order valence-electron chi connectivity index (χ4n) is 4.33. The molecule has 0 amide bonds. The van der Waals surface area contributed by atoms with Crippen molar-refractivity contribution in [3.63, 3.8) is 0 Å². The molecule has 0 aliphatic heterocycles. The number of aromatic hydroxyl groups is 1. The van der Waals surface area contributed by atoms with Crippen LogP contribution in [0.15, 0.2) is 23.2 Å². The Kier molecular flexibility index (Phi) is 8.65. The lowest BCUT2D eigenvalue weighted by Crippen LogP contribution is -2.03. The van der Waals surface area contributed by atoms with Crippen LogP contribution in [0.2, 0.25) is 0 Å². The Labute approximate surface area is 185 Å². The SMILES string of the molecule is Oc1c(C=Nc2c(F)c(F)c(F)c(F)c2F)cccc1C1CCCCCCCCCCC1. The van der Waals surface area contributed by atoms with Gasteiger partial charge in [-0.2, -0.15) is 0 Å². The molecule has 3 rings (SSSR count). The lowest BCUT2D eigenvalue weighted by Gasteiger charge is -2.20. The predicted octanol–water partition coefficient (Wildman–Crippen LogP) is 8.23. The van der Waals surface area contributed by atoms with Crippen LogP contribution in [-0.2, 0) is 0 Å². The molecule has 0 aromatic heterocycles. The predicted molar refractivity (Wildman–Crippen MR) is 115 cm³/mol. The molecule has 0 atom stereocenters. The first-order valence-corrected chi connectivity index (χ1v) is 11.3. The van der Waals surface area contributed by atoms with Crippen LogP contribution in [0, 0.1) is 29.1 Å². The van der Waals surface area contributed by atoms with E-state index in [2.05, 4.69) is 4.99 Å². The summed E-state index contributed by atoms with van der Waals surface area (Å²) >= 11 is 0. The summed E-state index contributed by atoms with van der Waals surface area (Å²) in [6.45, 7) is 0. The Bertz CT molecular complexity index is 919. The number of halogens is 5. The van der Waals surface area contributed by atoms with Crippen LogP contribution in [-0.4, -0.2) is 11.3 Å². The van der Waals surface area contributed by atoms with E-state index in [1.165, 1.54) is 38.2 Å². The first kappa shape index (κ1) is 24.2. The lowest BCUT2D eigenvalue weighted by atomic mass is 9.86. The molecule has 0 radical (unpaired) electrons. The van der Waals surface area contributed by atoms with Crippen LogP contribution in [0.3, 0.4) is 0 Å². The molecule has 7 heteroatoms. The molecule has 1 fully saturated rings. The van der Waals surface area contributed by atoms with E-state index in [0.717, 1.165) is 50.3 Å². The summed E-state index contributed by atoms with van der Waals surface area (Å²) in [5, 5.41) is 10.8. The average molecular weight is 453 g/mol. The standard InChI is InChI=1S/C25H28F5NO/c26-19-20(27)22(29)24(23(30)21(19)28)31-15-17-13-10-14-18(25(17)32)16-11-8-6-4-2-1-3-5-7-9-12-16/h10,13-16,32H,1-9,11-12H2. The summed E-state index contributed by atoms with van der Waals surface area (Å²) in [6.07, 6.45) is 13.3. The average Bonchev–Trinajstić information content (AvgIpc) is 2.78. The molecule has 1 saturated carbocycles. The third kappa shape index (κ3) is 5.67. The largest absolute Gasteiger partial charge is 0.507 e. The van der Waals surface area contributed by atoms with Gasteiger partial charge in [0.15, 0.2) is 23.3 Å². The second-order valence-corrected chi connectivity index (χ2v) is 8.42. The first-order valence-electron chi connectivity index (χ1n) is 11.3. The van der Waals surface area contributed by atoms with E-state index in [1.807, 2.05) is 6.07 Å². The van der Waals surface area contributed by atoms with E-state index in [9.17, 15) is 27.1 Å². The molecule has 1 aliphatic carbocycles. The van der Waals surface area contributed by atoms with Gasteiger partial charge in [-0.15, -0.1) is 0 Å². The molecule has 2 aromatic rings. The van der Waals surface area contributed by atoms with Gasteiger partial charge in [-0.05, 0) is 30.4 Å². The van der Waals surface area contributed by atoms with Crippen LogP contribution in [0.4, 0.5) is 27.6 Å². The third-order valence-corrected chi connectivity index (χ3v) is 6.16. The zero-order valence-corrected chi connectivity index (χ0v) is 17.9. The highest BCUT2D eigenvalue weighted by molar-refractivity contribution is 5.86. The third-order valence-electron chi connectivity index (χ3n) is 6.16. The molecule has 2 nitrogen and oxygen atoms in total. The van der Waals surface area contributed by atoms with Gasteiger partial charge in [0.1, 0.15) is 11.4 Å². The van der Waals surface area contributed by atoms with Crippen molar-refractivity contribution in [3.8, 4) is 5.75 Å². The van der Waals surface area contributed by atoms with Crippen LogP contribution < -0.4 is 0 Å². The van der Waals surface area contributed by atoms with Gasteiger partial charge in [0.2, 0.25) is 5.82 Å². The Hall–Kier alpha value is -2.44. The van der Waals surface area contributed by atoms with Gasteiger partial charge in [-0.3, -0.25) is 0 Å². The maximum Gasteiger partial charge on any atom is 0.200 e. The summed E-state index contributed by atoms with van der Waals surface area (Å²) in [6, 6.07) is 5.01. The van der Waals surface area contributed by atoms with Crippen molar-refractivity contribution >= 4 is 11.9 Å². The number of hydrogen-bond donors (Lipinski definition) is 1. The number of hydrogen-bond acceptors (Lipinski definition) is 2. The van der Waals surface area contributed by atoms with Crippen LogP contribution in [0.5, 0.6) is 5.75 Å². The number of aliphatic imine (C=N–C) groups is 1. The molecular weight excluding hydrogens is 425 g/mol.